The first-order chi connectivity index (χ1) is 10.3. The Kier molecular flexibility index (Phi) is 6.83. The van der Waals surface area contributed by atoms with Crippen molar-refractivity contribution in [2.24, 2.45) is 0 Å². The van der Waals surface area contributed by atoms with Crippen molar-refractivity contribution in [3.8, 4) is 0 Å². The van der Waals surface area contributed by atoms with E-state index in [0.29, 0.717) is 6.54 Å². The summed E-state index contributed by atoms with van der Waals surface area (Å²) in [5.74, 6) is -1.27. The van der Waals surface area contributed by atoms with E-state index < -0.39 is 28.3 Å². The van der Waals surface area contributed by atoms with Crippen molar-refractivity contribution in [1.29, 1.82) is 0 Å². The lowest BCUT2D eigenvalue weighted by Crippen LogP contribution is -2.29. The molecule has 0 unspecified atom stereocenters. The number of benzene rings is 1. The first kappa shape index (κ1) is 18.4. The number of hydrogen-bond donors (Lipinski definition) is 1. The molecule has 0 saturated carbocycles. The molecule has 6 nitrogen and oxygen atoms in total. The van der Waals surface area contributed by atoms with Gasteiger partial charge in [0.05, 0.1) is 15.5 Å². The summed E-state index contributed by atoms with van der Waals surface area (Å²) in [6, 6.07) is 3.73. The first-order valence-electron chi connectivity index (χ1n) is 6.69. The molecule has 0 atom stereocenters. The van der Waals surface area contributed by atoms with Crippen molar-refractivity contribution in [3.63, 3.8) is 0 Å². The maximum atomic E-state index is 11.9. The van der Waals surface area contributed by atoms with Gasteiger partial charge in [0.15, 0.2) is 16.4 Å². The van der Waals surface area contributed by atoms with Crippen molar-refractivity contribution in [1.82, 2.24) is 5.32 Å². The van der Waals surface area contributed by atoms with Crippen LogP contribution in [0.3, 0.4) is 0 Å². The summed E-state index contributed by atoms with van der Waals surface area (Å²) in [5.41, 5.74) is -0.0917. The Morgan fingerprint density at radius 3 is 2.59 bits per heavy atom. The Morgan fingerprint density at radius 2 is 2.00 bits per heavy atom. The second-order valence-electron chi connectivity index (χ2n) is 4.69. The molecular formula is C14H18ClNO5S. The largest absolute Gasteiger partial charge is 0.452 e. The fourth-order valence-corrected chi connectivity index (χ4v) is 2.40. The molecule has 0 aromatic heterocycles. The molecule has 1 aromatic rings. The number of nitrogens with one attached hydrogen (secondary N) is 1. The lowest BCUT2D eigenvalue weighted by molar-refractivity contribution is -0.124. The zero-order valence-electron chi connectivity index (χ0n) is 12.4. The maximum Gasteiger partial charge on any atom is 0.340 e. The summed E-state index contributed by atoms with van der Waals surface area (Å²) in [6.07, 6.45) is 2.79. The molecule has 0 aliphatic rings. The van der Waals surface area contributed by atoms with E-state index in [-0.39, 0.29) is 15.5 Å². The molecule has 0 bridgehead atoms. The molecular weight excluding hydrogens is 330 g/mol. The number of carbonyl (C=O) groups is 2. The molecule has 0 heterocycles. The summed E-state index contributed by atoms with van der Waals surface area (Å²) in [6.45, 7) is 2.06. The van der Waals surface area contributed by atoms with Crippen LogP contribution in [0, 0.1) is 0 Å². The van der Waals surface area contributed by atoms with Crippen LogP contribution in [-0.2, 0) is 19.4 Å². The molecule has 0 radical (unpaired) electrons. The van der Waals surface area contributed by atoms with Gasteiger partial charge in [-0.05, 0) is 24.6 Å². The average Bonchev–Trinajstić information content (AvgIpc) is 2.44. The number of amides is 1. The van der Waals surface area contributed by atoms with Gasteiger partial charge in [0, 0.05) is 12.8 Å². The average molecular weight is 348 g/mol. The zero-order valence-corrected chi connectivity index (χ0v) is 14.0. The third-order valence-corrected chi connectivity index (χ3v) is 4.21. The smallest absolute Gasteiger partial charge is 0.340 e. The van der Waals surface area contributed by atoms with E-state index >= 15 is 0 Å². The normalized spacial score (nSPS) is 11.0. The van der Waals surface area contributed by atoms with Crippen LogP contribution in [0.1, 0.15) is 30.1 Å². The van der Waals surface area contributed by atoms with Crippen LogP contribution in [0.5, 0.6) is 0 Å². The number of carbonyl (C=O) groups excluding carboxylic acids is 2. The third kappa shape index (κ3) is 5.65. The lowest BCUT2D eigenvalue weighted by Gasteiger charge is -2.08. The van der Waals surface area contributed by atoms with Crippen molar-refractivity contribution >= 4 is 33.3 Å². The molecule has 8 heteroatoms. The summed E-state index contributed by atoms with van der Waals surface area (Å²) >= 11 is 5.86. The van der Waals surface area contributed by atoms with Crippen LogP contribution >= 0.6 is 11.6 Å². The van der Waals surface area contributed by atoms with Crippen LogP contribution in [0.25, 0.3) is 0 Å². The SMILES string of the molecule is CCCCNC(=O)COC(=O)c1cc(S(C)(=O)=O)ccc1Cl. The second kappa shape index (κ2) is 8.14. The van der Waals surface area contributed by atoms with Crippen LogP contribution < -0.4 is 5.32 Å². The van der Waals surface area contributed by atoms with Crippen LogP contribution in [-0.4, -0.2) is 39.7 Å². The van der Waals surface area contributed by atoms with Gasteiger partial charge in [0.25, 0.3) is 5.91 Å². The fourth-order valence-electron chi connectivity index (χ4n) is 1.56. The number of halogens is 1. The van der Waals surface area contributed by atoms with Crippen molar-refractivity contribution in [3.05, 3.63) is 28.8 Å². The van der Waals surface area contributed by atoms with Gasteiger partial charge < -0.3 is 10.1 Å². The molecule has 122 valence electrons. The van der Waals surface area contributed by atoms with E-state index in [2.05, 4.69) is 5.32 Å². The van der Waals surface area contributed by atoms with Gasteiger partial charge in [0.1, 0.15) is 0 Å². The van der Waals surface area contributed by atoms with E-state index in [1.54, 1.807) is 0 Å². The topological polar surface area (TPSA) is 89.5 Å². The third-order valence-electron chi connectivity index (χ3n) is 2.77. The Hall–Kier alpha value is -1.60. The van der Waals surface area contributed by atoms with E-state index in [1.165, 1.54) is 12.1 Å². The minimum atomic E-state index is -3.47. The Bertz CT molecular complexity index is 657. The molecule has 22 heavy (non-hydrogen) atoms. The quantitative estimate of drug-likeness (QED) is 0.600. The van der Waals surface area contributed by atoms with Crippen LogP contribution in [0.15, 0.2) is 23.1 Å². The molecule has 0 aliphatic heterocycles. The highest BCUT2D eigenvalue weighted by molar-refractivity contribution is 7.90. The number of hydrogen-bond acceptors (Lipinski definition) is 5. The highest BCUT2D eigenvalue weighted by Crippen LogP contribution is 2.21. The number of ether oxygens (including phenoxy) is 1. The van der Waals surface area contributed by atoms with Crippen molar-refractivity contribution in [2.45, 2.75) is 24.7 Å². The maximum absolute atomic E-state index is 11.9. The molecule has 1 N–H and O–H groups in total. The summed E-state index contributed by atoms with van der Waals surface area (Å²) < 4.78 is 27.8. The Labute approximate surface area is 134 Å². The Balaban J connectivity index is 2.72. The second-order valence-corrected chi connectivity index (χ2v) is 7.12. The molecule has 0 fully saturated rings. The number of rotatable bonds is 7. The number of sulfone groups is 1. The molecule has 0 saturated heterocycles. The van der Waals surface area contributed by atoms with E-state index in [1.807, 2.05) is 6.92 Å². The predicted octanol–water partition coefficient (Wildman–Crippen LogP) is 1.82. The fraction of sp³-hybridized carbons (Fsp3) is 0.429. The molecule has 1 amide bonds. The monoisotopic (exact) mass is 347 g/mol. The van der Waals surface area contributed by atoms with Gasteiger partial charge in [-0.25, -0.2) is 13.2 Å². The highest BCUT2D eigenvalue weighted by atomic mass is 35.5. The van der Waals surface area contributed by atoms with Gasteiger partial charge >= 0.3 is 5.97 Å². The molecule has 1 rings (SSSR count). The van der Waals surface area contributed by atoms with Crippen molar-refractivity contribution < 1.29 is 22.7 Å². The van der Waals surface area contributed by atoms with Gasteiger partial charge in [-0.1, -0.05) is 24.9 Å². The predicted molar refractivity (Wildman–Crippen MR) is 82.8 cm³/mol. The van der Waals surface area contributed by atoms with Gasteiger partial charge in [-0.15, -0.1) is 0 Å². The summed E-state index contributed by atoms with van der Waals surface area (Å²) in [7, 11) is -3.47. The van der Waals surface area contributed by atoms with Crippen molar-refractivity contribution in [2.75, 3.05) is 19.4 Å². The highest BCUT2D eigenvalue weighted by Gasteiger charge is 2.17. The lowest BCUT2D eigenvalue weighted by atomic mass is 10.2. The summed E-state index contributed by atoms with van der Waals surface area (Å²) in [5, 5.41) is 2.65. The van der Waals surface area contributed by atoms with Crippen LogP contribution in [0.4, 0.5) is 0 Å². The standard InChI is InChI=1S/C14H18ClNO5S/c1-3-4-7-16-13(17)9-21-14(18)11-8-10(22(2,19)20)5-6-12(11)15/h5-6,8H,3-4,7,9H2,1-2H3,(H,16,17). The van der Waals surface area contributed by atoms with E-state index in [9.17, 15) is 18.0 Å². The zero-order chi connectivity index (χ0) is 16.8. The van der Waals surface area contributed by atoms with E-state index in [0.717, 1.165) is 25.2 Å². The molecule has 0 aliphatic carbocycles. The molecule has 0 spiro atoms. The summed E-state index contributed by atoms with van der Waals surface area (Å²) in [4.78, 5) is 23.3. The van der Waals surface area contributed by atoms with Crippen LogP contribution in [0.2, 0.25) is 5.02 Å². The minimum absolute atomic E-state index is 0.0451. The van der Waals surface area contributed by atoms with E-state index in [4.69, 9.17) is 16.3 Å². The number of unbranched alkanes of at least 4 members (excludes halogenated alkanes) is 1. The Morgan fingerprint density at radius 1 is 1.32 bits per heavy atom. The van der Waals surface area contributed by atoms with Gasteiger partial charge in [-0.3, -0.25) is 4.79 Å². The first-order valence-corrected chi connectivity index (χ1v) is 8.96. The van der Waals surface area contributed by atoms with Gasteiger partial charge in [0.2, 0.25) is 0 Å². The molecule has 1 aromatic carbocycles. The van der Waals surface area contributed by atoms with Gasteiger partial charge in [-0.2, -0.15) is 0 Å². The minimum Gasteiger partial charge on any atom is -0.452 e. The number of esters is 1.